The molecule has 0 bridgehead atoms. The van der Waals surface area contributed by atoms with Crippen LogP contribution >= 0.6 is 0 Å². The second-order valence-electron chi connectivity index (χ2n) is 7.11. The van der Waals surface area contributed by atoms with Crippen LogP contribution in [0.3, 0.4) is 0 Å². The maximum Gasteiger partial charge on any atom is 0.144 e. The Kier molecular flexibility index (Phi) is 5.16. The number of aromatic nitrogens is 4. The van der Waals surface area contributed by atoms with E-state index in [1.54, 1.807) is 13.4 Å². The number of para-hydroxylation sites is 2. The van der Waals surface area contributed by atoms with Gasteiger partial charge in [-0.15, -0.1) is 0 Å². The van der Waals surface area contributed by atoms with Crippen molar-refractivity contribution >= 4 is 0 Å². The molecule has 1 aliphatic rings. The first-order valence-electron chi connectivity index (χ1n) is 9.40. The number of benzene rings is 1. The zero-order valence-corrected chi connectivity index (χ0v) is 15.9. The number of aryl methyl sites for hydroxylation is 1. The van der Waals surface area contributed by atoms with E-state index < -0.39 is 0 Å². The van der Waals surface area contributed by atoms with E-state index in [0.29, 0.717) is 5.92 Å². The molecule has 3 aromatic rings. The minimum absolute atomic E-state index is 0.542. The number of nitrogens with zero attached hydrogens (tertiary/aromatic N) is 5. The smallest absolute Gasteiger partial charge is 0.144 e. The molecule has 3 heterocycles. The number of methoxy groups -OCH3 is 1. The second kappa shape index (κ2) is 7.88. The molecule has 0 unspecified atom stereocenters. The van der Waals surface area contributed by atoms with Gasteiger partial charge in [-0.05, 0) is 50.6 Å². The van der Waals surface area contributed by atoms with E-state index in [0.717, 1.165) is 43.9 Å². The fourth-order valence-electron chi connectivity index (χ4n) is 3.85. The SMILES string of the molecule is COc1ccccc1-n1cc(CN2CCC(c3ncncc3C)CC2)cn1. The summed E-state index contributed by atoms with van der Waals surface area (Å²) in [6.07, 6.45) is 9.91. The number of rotatable bonds is 5. The number of hydrogen-bond acceptors (Lipinski definition) is 5. The highest BCUT2D eigenvalue weighted by Gasteiger charge is 2.23. The molecule has 6 nitrogen and oxygen atoms in total. The van der Waals surface area contributed by atoms with Crippen LogP contribution in [0.1, 0.15) is 35.6 Å². The van der Waals surface area contributed by atoms with Gasteiger partial charge in [-0.1, -0.05) is 12.1 Å². The van der Waals surface area contributed by atoms with Crippen molar-refractivity contribution in [2.45, 2.75) is 32.2 Å². The number of piperidine rings is 1. The van der Waals surface area contributed by atoms with Crippen molar-refractivity contribution < 1.29 is 4.74 Å². The summed E-state index contributed by atoms with van der Waals surface area (Å²) in [5.41, 5.74) is 4.60. The summed E-state index contributed by atoms with van der Waals surface area (Å²) >= 11 is 0. The lowest BCUT2D eigenvalue weighted by Crippen LogP contribution is -2.32. The van der Waals surface area contributed by atoms with Crippen LogP contribution in [-0.4, -0.2) is 44.8 Å². The molecule has 0 saturated carbocycles. The Hall–Kier alpha value is -2.73. The lowest BCUT2D eigenvalue weighted by Gasteiger charge is -2.31. The Morgan fingerprint density at radius 3 is 2.74 bits per heavy atom. The van der Waals surface area contributed by atoms with Crippen LogP contribution < -0.4 is 4.74 Å². The highest BCUT2D eigenvalue weighted by atomic mass is 16.5. The predicted molar refractivity (Wildman–Crippen MR) is 104 cm³/mol. The molecule has 6 heteroatoms. The Morgan fingerprint density at radius 1 is 1.15 bits per heavy atom. The van der Waals surface area contributed by atoms with Gasteiger partial charge in [0.15, 0.2) is 0 Å². The van der Waals surface area contributed by atoms with Crippen molar-refractivity contribution in [1.82, 2.24) is 24.6 Å². The van der Waals surface area contributed by atoms with Crippen molar-refractivity contribution in [3.63, 3.8) is 0 Å². The number of hydrogen-bond donors (Lipinski definition) is 0. The largest absolute Gasteiger partial charge is 0.494 e. The zero-order chi connectivity index (χ0) is 18.6. The molecule has 1 aromatic carbocycles. The van der Waals surface area contributed by atoms with E-state index in [9.17, 15) is 0 Å². The lowest BCUT2D eigenvalue weighted by atomic mass is 9.91. The minimum Gasteiger partial charge on any atom is -0.494 e. The Bertz CT molecular complexity index is 899. The maximum atomic E-state index is 5.44. The zero-order valence-electron chi connectivity index (χ0n) is 15.9. The van der Waals surface area contributed by atoms with Crippen LogP contribution in [0.4, 0.5) is 0 Å². The Labute approximate surface area is 159 Å². The average Bonchev–Trinajstić information content (AvgIpc) is 3.17. The van der Waals surface area contributed by atoms with E-state index in [1.807, 2.05) is 41.3 Å². The molecule has 1 aliphatic heterocycles. The summed E-state index contributed by atoms with van der Waals surface area (Å²) in [7, 11) is 1.69. The lowest BCUT2D eigenvalue weighted by molar-refractivity contribution is 0.203. The van der Waals surface area contributed by atoms with Gasteiger partial charge < -0.3 is 4.74 Å². The van der Waals surface area contributed by atoms with Crippen LogP contribution in [-0.2, 0) is 6.54 Å². The van der Waals surface area contributed by atoms with Gasteiger partial charge in [0.2, 0.25) is 0 Å². The van der Waals surface area contributed by atoms with Gasteiger partial charge in [-0.25, -0.2) is 14.6 Å². The normalized spacial score (nSPS) is 15.8. The first-order chi connectivity index (χ1) is 13.2. The summed E-state index contributed by atoms with van der Waals surface area (Å²) in [5.74, 6) is 1.37. The summed E-state index contributed by atoms with van der Waals surface area (Å²) in [4.78, 5) is 11.1. The van der Waals surface area contributed by atoms with Crippen molar-refractivity contribution in [2.24, 2.45) is 0 Å². The molecule has 0 N–H and O–H groups in total. The monoisotopic (exact) mass is 363 g/mol. The van der Waals surface area contributed by atoms with Gasteiger partial charge >= 0.3 is 0 Å². The molecule has 0 atom stereocenters. The van der Waals surface area contributed by atoms with E-state index in [-0.39, 0.29) is 0 Å². The van der Waals surface area contributed by atoms with Crippen LogP contribution in [0.15, 0.2) is 49.2 Å². The molecule has 1 fully saturated rings. The van der Waals surface area contributed by atoms with E-state index >= 15 is 0 Å². The summed E-state index contributed by atoms with van der Waals surface area (Å²) in [5, 5.41) is 4.53. The van der Waals surface area contributed by atoms with Crippen molar-refractivity contribution in [1.29, 1.82) is 0 Å². The molecular weight excluding hydrogens is 338 g/mol. The quantitative estimate of drug-likeness (QED) is 0.696. The fourth-order valence-corrected chi connectivity index (χ4v) is 3.85. The topological polar surface area (TPSA) is 56.1 Å². The van der Waals surface area contributed by atoms with Crippen molar-refractivity contribution in [3.05, 3.63) is 66.0 Å². The highest BCUT2D eigenvalue weighted by molar-refractivity contribution is 5.46. The van der Waals surface area contributed by atoms with Crippen LogP contribution in [0.25, 0.3) is 5.69 Å². The van der Waals surface area contributed by atoms with Gasteiger partial charge in [0, 0.05) is 36.1 Å². The summed E-state index contributed by atoms with van der Waals surface area (Å²) < 4.78 is 7.33. The fraction of sp³-hybridized carbons (Fsp3) is 0.381. The standard InChI is InChI=1S/C21H25N5O/c1-16-11-22-15-23-21(16)18-7-9-25(10-8-18)13-17-12-24-26(14-17)19-5-3-4-6-20(19)27-2/h3-6,11-12,14-15,18H,7-10,13H2,1-2H3. The van der Waals surface area contributed by atoms with Gasteiger partial charge in [0.05, 0.1) is 13.3 Å². The molecule has 1 saturated heterocycles. The number of likely N-dealkylation sites (tertiary alicyclic amines) is 1. The number of ether oxygens (including phenoxy) is 1. The molecule has 4 rings (SSSR count). The molecule has 0 aliphatic carbocycles. The Morgan fingerprint density at radius 2 is 1.96 bits per heavy atom. The molecular formula is C21H25N5O. The first-order valence-corrected chi connectivity index (χ1v) is 9.40. The van der Waals surface area contributed by atoms with Crippen molar-refractivity contribution in [2.75, 3.05) is 20.2 Å². The summed E-state index contributed by atoms with van der Waals surface area (Å²) in [6, 6.07) is 7.94. The third-order valence-electron chi connectivity index (χ3n) is 5.28. The van der Waals surface area contributed by atoms with Crippen LogP contribution in [0.5, 0.6) is 5.75 Å². The molecule has 0 spiro atoms. The Balaban J connectivity index is 1.39. The molecule has 0 radical (unpaired) electrons. The summed E-state index contributed by atoms with van der Waals surface area (Å²) in [6.45, 7) is 5.18. The van der Waals surface area contributed by atoms with E-state index in [2.05, 4.69) is 33.1 Å². The van der Waals surface area contributed by atoms with Gasteiger partial charge in [-0.3, -0.25) is 4.90 Å². The molecule has 27 heavy (non-hydrogen) atoms. The first kappa shape index (κ1) is 17.7. The van der Waals surface area contributed by atoms with Gasteiger partial charge in [0.25, 0.3) is 0 Å². The van der Waals surface area contributed by atoms with E-state index in [4.69, 9.17) is 4.74 Å². The maximum absolute atomic E-state index is 5.44. The predicted octanol–water partition coefficient (Wildman–Crippen LogP) is 3.36. The average molecular weight is 363 g/mol. The minimum atomic E-state index is 0.542. The molecule has 140 valence electrons. The van der Waals surface area contributed by atoms with Gasteiger partial charge in [0.1, 0.15) is 17.8 Å². The van der Waals surface area contributed by atoms with E-state index in [1.165, 1.54) is 16.8 Å². The third kappa shape index (κ3) is 3.85. The highest BCUT2D eigenvalue weighted by Crippen LogP contribution is 2.29. The van der Waals surface area contributed by atoms with Crippen LogP contribution in [0, 0.1) is 6.92 Å². The van der Waals surface area contributed by atoms with Crippen molar-refractivity contribution in [3.8, 4) is 11.4 Å². The second-order valence-corrected chi connectivity index (χ2v) is 7.11. The molecule has 2 aromatic heterocycles. The molecule has 0 amide bonds. The third-order valence-corrected chi connectivity index (χ3v) is 5.28. The van der Waals surface area contributed by atoms with Gasteiger partial charge in [-0.2, -0.15) is 5.10 Å². The van der Waals surface area contributed by atoms with Crippen LogP contribution in [0.2, 0.25) is 0 Å².